The van der Waals surface area contributed by atoms with E-state index in [1.807, 2.05) is 0 Å². The summed E-state index contributed by atoms with van der Waals surface area (Å²) in [5.74, 6) is 0.356. The second kappa shape index (κ2) is 12.2. The van der Waals surface area contributed by atoms with Gasteiger partial charge in [-0.25, -0.2) is 0 Å². The lowest BCUT2D eigenvalue weighted by Gasteiger charge is -2.68. The molecule has 49 heavy (non-hydrogen) atoms. The second-order valence-electron chi connectivity index (χ2n) is 18.7. The van der Waals surface area contributed by atoms with Crippen LogP contribution >= 0.6 is 0 Å². The Morgan fingerprint density at radius 2 is 1.67 bits per heavy atom. The van der Waals surface area contributed by atoms with Crippen molar-refractivity contribution in [1.29, 1.82) is 0 Å². The first kappa shape index (κ1) is 37.6. The molecule has 0 aromatic heterocycles. The standard InChI is InChI=1S/C38H62O11/c1-19(15-22(40)31(45)34(5,6)46)21-9-14-38-18-37(21,38)13-10-24-35(7)12-11-26(41)33(3,4)25(35)16-27(36(24,38)8)49-32-30(44)29(43)28(42)23(48-32)17-47-20(2)39/h19,21-25,27-32,40,42-46H,9-18H2,1-8H3/t19-,21?,22?,23?,24?,25?,27?,28?,29?,30?,31?,32?,35-,36+,37-,38-/m1/s1. The van der Waals surface area contributed by atoms with Crippen LogP contribution in [0.5, 0.6) is 0 Å². The highest BCUT2D eigenvalue weighted by molar-refractivity contribution is 5.85. The highest BCUT2D eigenvalue weighted by Gasteiger charge is 2.85. The molecule has 6 aliphatic rings. The Hall–Kier alpha value is -1.18. The van der Waals surface area contributed by atoms with E-state index in [1.54, 1.807) is 0 Å². The number of aliphatic hydroxyl groups is 6. The predicted molar refractivity (Wildman–Crippen MR) is 178 cm³/mol. The van der Waals surface area contributed by atoms with Crippen LogP contribution < -0.4 is 0 Å². The Labute approximate surface area is 291 Å². The van der Waals surface area contributed by atoms with Crippen molar-refractivity contribution in [3.8, 4) is 0 Å². The number of rotatable bonds is 9. The summed E-state index contributed by atoms with van der Waals surface area (Å²) < 4.78 is 18.1. The van der Waals surface area contributed by atoms with Crippen LogP contribution in [0.3, 0.4) is 0 Å². The zero-order chi connectivity index (χ0) is 36.3. The molecule has 0 aromatic rings. The lowest BCUT2D eigenvalue weighted by atomic mass is 9.37. The molecule has 16 atom stereocenters. The number of esters is 1. The van der Waals surface area contributed by atoms with Gasteiger partial charge in [-0.3, -0.25) is 9.59 Å². The highest BCUT2D eigenvalue weighted by Crippen LogP contribution is 2.91. The van der Waals surface area contributed by atoms with Crippen molar-refractivity contribution < 1.29 is 54.4 Å². The Morgan fingerprint density at radius 3 is 2.31 bits per heavy atom. The molecule has 0 spiro atoms. The fourth-order valence-corrected chi connectivity index (χ4v) is 13.1. The van der Waals surface area contributed by atoms with Gasteiger partial charge in [-0.05, 0) is 105 Å². The number of hydrogen-bond acceptors (Lipinski definition) is 11. The zero-order valence-corrected chi connectivity index (χ0v) is 30.7. The fraction of sp³-hybridized carbons (Fsp3) is 0.947. The van der Waals surface area contributed by atoms with Crippen LogP contribution in [0.2, 0.25) is 0 Å². The van der Waals surface area contributed by atoms with Crippen LogP contribution in [-0.2, 0) is 23.8 Å². The van der Waals surface area contributed by atoms with E-state index in [-0.39, 0.29) is 51.8 Å². The average molecular weight is 695 g/mol. The van der Waals surface area contributed by atoms with E-state index in [2.05, 4.69) is 34.6 Å². The van der Waals surface area contributed by atoms with Gasteiger partial charge in [0.15, 0.2) is 6.29 Å². The van der Waals surface area contributed by atoms with Crippen molar-refractivity contribution >= 4 is 11.8 Å². The molecule has 11 nitrogen and oxygen atoms in total. The topological polar surface area (TPSA) is 183 Å². The van der Waals surface area contributed by atoms with Crippen molar-refractivity contribution in [2.24, 2.45) is 50.7 Å². The molecule has 1 aliphatic heterocycles. The number of ketones is 1. The Balaban J connectivity index is 1.34. The van der Waals surface area contributed by atoms with E-state index >= 15 is 0 Å². The van der Waals surface area contributed by atoms with Crippen LogP contribution in [0.15, 0.2) is 0 Å². The van der Waals surface area contributed by atoms with Gasteiger partial charge in [-0.15, -0.1) is 0 Å². The first-order chi connectivity index (χ1) is 22.6. The summed E-state index contributed by atoms with van der Waals surface area (Å²) >= 11 is 0. The second-order valence-corrected chi connectivity index (χ2v) is 18.7. The largest absolute Gasteiger partial charge is 0.463 e. The maximum atomic E-state index is 13.5. The molecule has 5 aliphatic carbocycles. The monoisotopic (exact) mass is 694 g/mol. The number of Topliss-reactive ketones (excluding diaryl/α,β-unsaturated/α-hetero) is 1. The van der Waals surface area contributed by atoms with E-state index in [0.29, 0.717) is 25.2 Å². The number of fused-ring (bicyclic) bond motifs is 3. The quantitative estimate of drug-likeness (QED) is 0.154. The normalized spacial score (nSPS) is 49.1. The summed E-state index contributed by atoms with van der Waals surface area (Å²) in [7, 11) is 0. The van der Waals surface area contributed by atoms with Gasteiger partial charge in [-0.2, -0.15) is 0 Å². The van der Waals surface area contributed by atoms with E-state index in [0.717, 1.165) is 38.5 Å². The molecule has 6 rings (SSSR count). The average Bonchev–Trinajstić information content (AvgIpc) is 3.58. The van der Waals surface area contributed by atoms with E-state index in [4.69, 9.17) is 14.2 Å². The molecule has 11 unspecified atom stereocenters. The minimum Gasteiger partial charge on any atom is -0.463 e. The van der Waals surface area contributed by atoms with Crippen LogP contribution in [0, 0.1) is 50.7 Å². The maximum absolute atomic E-state index is 13.5. The number of carbonyl (C=O) groups excluding carboxylic acids is 2. The number of aliphatic hydroxyl groups excluding tert-OH is 5. The molecule has 1 saturated heterocycles. The molecule has 0 bridgehead atoms. The van der Waals surface area contributed by atoms with Crippen molar-refractivity contribution in [2.75, 3.05) is 6.61 Å². The van der Waals surface area contributed by atoms with Gasteiger partial charge in [0.2, 0.25) is 0 Å². The molecule has 0 aromatic carbocycles. The molecule has 1 heterocycles. The summed E-state index contributed by atoms with van der Waals surface area (Å²) in [5, 5.41) is 64.8. The number of ether oxygens (including phenoxy) is 3. The summed E-state index contributed by atoms with van der Waals surface area (Å²) in [4.78, 5) is 25.0. The maximum Gasteiger partial charge on any atom is 0.302 e. The zero-order valence-electron chi connectivity index (χ0n) is 30.7. The van der Waals surface area contributed by atoms with E-state index < -0.39 is 66.0 Å². The first-order valence-electron chi connectivity index (χ1n) is 18.7. The molecule has 280 valence electrons. The molecular weight excluding hydrogens is 632 g/mol. The third-order valence-corrected chi connectivity index (χ3v) is 15.7. The fourth-order valence-electron chi connectivity index (χ4n) is 13.1. The Morgan fingerprint density at radius 1 is 1.00 bits per heavy atom. The molecule has 0 radical (unpaired) electrons. The first-order valence-corrected chi connectivity index (χ1v) is 18.7. The molecule has 6 fully saturated rings. The van der Waals surface area contributed by atoms with Crippen LogP contribution in [-0.4, -0.2) is 104 Å². The van der Waals surface area contributed by atoms with Gasteiger partial charge in [0, 0.05) is 24.2 Å². The van der Waals surface area contributed by atoms with Gasteiger partial charge >= 0.3 is 5.97 Å². The van der Waals surface area contributed by atoms with Gasteiger partial charge in [0.25, 0.3) is 0 Å². The van der Waals surface area contributed by atoms with Crippen molar-refractivity contribution in [2.45, 2.75) is 168 Å². The van der Waals surface area contributed by atoms with Crippen LogP contribution in [0.4, 0.5) is 0 Å². The molecule has 6 N–H and O–H groups in total. The lowest BCUT2D eigenvalue weighted by molar-refractivity contribution is -0.341. The molecule has 0 amide bonds. The predicted octanol–water partition coefficient (Wildman–Crippen LogP) is 2.88. The van der Waals surface area contributed by atoms with Gasteiger partial charge in [0.1, 0.15) is 42.9 Å². The van der Waals surface area contributed by atoms with E-state index in [1.165, 1.54) is 20.8 Å². The van der Waals surface area contributed by atoms with Crippen molar-refractivity contribution in [1.82, 2.24) is 0 Å². The van der Waals surface area contributed by atoms with Crippen molar-refractivity contribution in [3.05, 3.63) is 0 Å². The summed E-state index contributed by atoms with van der Waals surface area (Å²) in [5.41, 5.74) is -2.55. The SMILES string of the molecule is CC(=O)OCC1OC(OC2CC3C(C)(C)C(=O)CC[C@]3(C)C3CC[C@]45C[C@]4(CCC5[C@H](C)CC(O)C(O)C(C)(C)O)[C@]23C)C(O)C(O)C1O. The lowest BCUT2D eigenvalue weighted by Crippen LogP contribution is -2.68. The minimum atomic E-state index is -1.57. The smallest absolute Gasteiger partial charge is 0.302 e. The summed E-state index contributed by atoms with van der Waals surface area (Å²) in [6.07, 6.45) is -2.42. The number of hydrogen-bond donors (Lipinski definition) is 6. The Bertz CT molecular complexity index is 1300. The molecule has 11 heteroatoms. The summed E-state index contributed by atoms with van der Waals surface area (Å²) in [6.45, 7) is 15.0. The third-order valence-electron chi connectivity index (χ3n) is 15.7. The highest BCUT2D eigenvalue weighted by atomic mass is 16.7. The minimum absolute atomic E-state index is 0.0154. The van der Waals surface area contributed by atoms with Gasteiger partial charge < -0.3 is 44.8 Å². The van der Waals surface area contributed by atoms with E-state index in [9.17, 15) is 40.2 Å². The van der Waals surface area contributed by atoms with Gasteiger partial charge in [0.05, 0.1) is 17.8 Å². The summed E-state index contributed by atoms with van der Waals surface area (Å²) in [6, 6.07) is 0. The van der Waals surface area contributed by atoms with Crippen LogP contribution in [0.1, 0.15) is 113 Å². The molecular formula is C38H62O11. The third kappa shape index (κ3) is 5.41. The number of carbonyl (C=O) groups is 2. The van der Waals surface area contributed by atoms with Crippen molar-refractivity contribution in [3.63, 3.8) is 0 Å². The Kier molecular flexibility index (Phi) is 9.34. The van der Waals surface area contributed by atoms with Crippen LogP contribution in [0.25, 0.3) is 0 Å². The molecule has 5 saturated carbocycles. The van der Waals surface area contributed by atoms with Gasteiger partial charge in [-0.1, -0.05) is 34.6 Å².